The predicted octanol–water partition coefficient (Wildman–Crippen LogP) is 4.63. The van der Waals surface area contributed by atoms with Gasteiger partial charge in [0.05, 0.1) is 22.3 Å². The SMILES string of the molecule is CC(C)n1nccc1NC(=O)c1cn(-c2ccccc2)nc1-c1cccs1. The van der Waals surface area contributed by atoms with Gasteiger partial charge in [-0.1, -0.05) is 24.3 Å². The summed E-state index contributed by atoms with van der Waals surface area (Å²) in [7, 11) is 0. The number of nitrogens with zero attached hydrogens (tertiary/aromatic N) is 4. The van der Waals surface area contributed by atoms with E-state index in [1.807, 2.05) is 61.7 Å². The fraction of sp³-hybridized carbons (Fsp3) is 0.150. The van der Waals surface area contributed by atoms with Crippen molar-refractivity contribution in [2.75, 3.05) is 5.32 Å². The van der Waals surface area contributed by atoms with E-state index in [9.17, 15) is 4.79 Å². The highest BCUT2D eigenvalue weighted by atomic mass is 32.1. The van der Waals surface area contributed by atoms with Crippen molar-refractivity contribution in [1.29, 1.82) is 0 Å². The number of aromatic nitrogens is 4. The van der Waals surface area contributed by atoms with Crippen LogP contribution >= 0.6 is 11.3 Å². The first-order chi connectivity index (χ1) is 13.1. The summed E-state index contributed by atoms with van der Waals surface area (Å²) < 4.78 is 3.52. The molecule has 4 aromatic rings. The van der Waals surface area contributed by atoms with E-state index in [0.717, 1.165) is 10.6 Å². The maximum absolute atomic E-state index is 13.0. The van der Waals surface area contributed by atoms with Crippen molar-refractivity contribution in [1.82, 2.24) is 19.6 Å². The molecule has 0 fully saturated rings. The van der Waals surface area contributed by atoms with Crippen molar-refractivity contribution in [3.63, 3.8) is 0 Å². The lowest BCUT2D eigenvalue weighted by Gasteiger charge is -2.11. The standard InChI is InChI=1S/C20H19N5OS/c1-14(2)25-18(10-11-21-25)22-20(26)16-13-24(15-7-4-3-5-8-15)23-19(16)17-9-6-12-27-17/h3-14H,1-2H3,(H,22,26). The van der Waals surface area contributed by atoms with E-state index in [-0.39, 0.29) is 11.9 Å². The van der Waals surface area contributed by atoms with E-state index < -0.39 is 0 Å². The van der Waals surface area contributed by atoms with Crippen LogP contribution in [0.15, 0.2) is 66.3 Å². The first-order valence-electron chi connectivity index (χ1n) is 8.67. The molecule has 0 aliphatic heterocycles. The lowest BCUT2D eigenvalue weighted by molar-refractivity contribution is 0.102. The molecule has 0 unspecified atom stereocenters. The Kier molecular flexibility index (Phi) is 4.60. The van der Waals surface area contributed by atoms with Crippen LogP contribution in [-0.4, -0.2) is 25.5 Å². The molecule has 0 saturated heterocycles. The van der Waals surface area contributed by atoms with Gasteiger partial charge in [-0.2, -0.15) is 10.2 Å². The summed E-state index contributed by atoms with van der Waals surface area (Å²) in [5.41, 5.74) is 2.10. The zero-order chi connectivity index (χ0) is 18.8. The predicted molar refractivity (Wildman–Crippen MR) is 107 cm³/mol. The first kappa shape index (κ1) is 17.2. The fourth-order valence-corrected chi connectivity index (χ4v) is 3.58. The largest absolute Gasteiger partial charge is 0.307 e. The number of para-hydroxylation sites is 1. The third kappa shape index (κ3) is 3.41. The minimum Gasteiger partial charge on any atom is -0.307 e. The van der Waals surface area contributed by atoms with Gasteiger partial charge >= 0.3 is 0 Å². The second kappa shape index (κ2) is 7.20. The second-order valence-corrected chi connectivity index (χ2v) is 7.31. The monoisotopic (exact) mass is 377 g/mol. The number of hydrogen-bond donors (Lipinski definition) is 1. The lowest BCUT2D eigenvalue weighted by atomic mass is 10.2. The van der Waals surface area contributed by atoms with Crippen LogP contribution in [0.1, 0.15) is 30.2 Å². The molecule has 7 heteroatoms. The molecule has 3 aromatic heterocycles. The number of rotatable bonds is 5. The molecule has 0 aliphatic carbocycles. The zero-order valence-corrected chi connectivity index (χ0v) is 15.9. The average Bonchev–Trinajstić information content (AvgIpc) is 3.41. The van der Waals surface area contributed by atoms with Crippen molar-refractivity contribution in [2.45, 2.75) is 19.9 Å². The Morgan fingerprint density at radius 1 is 1.11 bits per heavy atom. The average molecular weight is 377 g/mol. The molecule has 0 aliphatic rings. The molecule has 6 nitrogen and oxygen atoms in total. The number of anilines is 1. The molecule has 0 radical (unpaired) electrons. The van der Waals surface area contributed by atoms with Crippen molar-refractivity contribution < 1.29 is 4.79 Å². The molecule has 0 atom stereocenters. The molecule has 0 spiro atoms. The highest BCUT2D eigenvalue weighted by molar-refractivity contribution is 7.13. The second-order valence-electron chi connectivity index (χ2n) is 6.36. The molecule has 1 amide bonds. The Hall–Kier alpha value is -3.19. The Balaban J connectivity index is 1.73. The molecular weight excluding hydrogens is 358 g/mol. The number of carbonyl (C=O) groups is 1. The Labute approximate surface area is 161 Å². The number of thiophene rings is 1. The van der Waals surface area contributed by atoms with Gasteiger partial charge in [0.2, 0.25) is 0 Å². The van der Waals surface area contributed by atoms with E-state index in [1.54, 1.807) is 39.2 Å². The van der Waals surface area contributed by atoms with E-state index in [4.69, 9.17) is 0 Å². The zero-order valence-electron chi connectivity index (χ0n) is 15.0. The lowest BCUT2D eigenvalue weighted by Crippen LogP contribution is -2.17. The molecule has 0 bridgehead atoms. The van der Waals surface area contributed by atoms with Crippen LogP contribution in [0.25, 0.3) is 16.3 Å². The normalized spacial score (nSPS) is 11.1. The molecule has 4 rings (SSSR count). The molecule has 136 valence electrons. The smallest absolute Gasteiger partial charge is 0.260 e. The summed E-state index contributed by atoms with van der Waals surface area (Å²) >= 11 is 1.56. The van der Waals surface area contributed by atoms with Gasteiger partial charge < -0.3 is 5.32 Å². The summed E-state index contributed by atoms with van der Waals surface area (Å²) in [6, 6.07) is 15.6. The van der Waals surface area contributed by atoms with Gasteiger partial charge in [-0.15, -0.1) is 11.3 Å². The maximum Gasteiger partial charge on any atom is 0.260 e. The molecule has 1 aromatic carbocycles. The molecular formula is C20H19N5OS. The fourth-order valence-electron chi connectivity index (χ4n) is 2.86. The van der Waals surface area contributed by atoms with Gasteiger partial charge in [-0.05, 0) is 37.4 Å². The summed E-state index contributed by atoms with van der Waals surface area (Å²) in [5, 5.41) is 13.9. The highest BCUT2D eigenvalue weighted by Gasteiger charge is 2.20. The van der Waals surface area contributed by atoms with Gasteiger partial charge in [-0.25, -0.2) is 9.36 Å². The van der Waals surface area contributed by atoms with Crippen LogP contribution in [-0.2, 0) is 0 Å². The van der Waals surface area contributed by atoms with Crippen LogP contribution < -0.4 is 5.32 Å². The molecule has 0 saturated carbocycles. The number of hydrogen-bond acceptors (Lipinski definition) is 4. The van der Waals surface area contributed by atoms with Gasteiger partial charge in [0.1, 0.15) is 11.5 Å². The topological polar surface area (TPSA) is 64.7 Å². The summed E-state index contributed by atoms with van der Waals surface area (Å²) in [4.78, 5) is 14.0. The Bertz CT molecular complexity index is 1050. The highest BCUT2D eigenvalue weighted by Crippen LogP contribution is 2.28. The number of carbonyl (C=O) groups excluding carboxylic acids is 1. The number of amides is 1. The van der Waals surface area contributed by atoms with Gasteiger partial charge in [0.15, 0.2) is 0 Å². The van der Waals surface area contributed by atoms with Crippen LogP contribution in [0.3, 0.4) is 0 Å². The quantitative estimate of drug-likeness (QED) is 0.551. The summed E-state index contributed by atoms with van der Waals surface area (Å²) in [5.74, 6) is 0.461. The van der Waals surface area contributed by atoms with Crippen LogP contribution in [0.5, 0.6) is 0 Å². The van der Waals surface area contributed by atoms with E-state index >= 15 is 0 Å². The van der Waals surface area contributed by atoms with Crippen LogP contribution in [0.2, 0.25) is 0 Å². The maximum atomic E-state index is 13.0. The van der Waals surface area contributed by atoms with Gasteiger partial charge in [0.25, 0.3) is 5.91 Å². The van der Waals surface area contributed by atoms with E-state index in [1.165, 1.54) is 0 Å². The number of nitrogens with one attached hydrogen (secondary N) is 1. The van der Waals surface area contributed by atoms with E-state index in [2.05, 4.69) is 15.5 Å². The third-order valence-corrected chi connectivity index (χ3v) is 5.01. The Morgan fingerprint density at radius 3 is 2.63 bits per heavy atom. The van der Waals surface area contributed by atoms with Crippen LogP contribution in [0, 0.1) is 0 Å². The number of benzene rings is 1. The van der Waals surface area contributed by atoms with Crippen molar-refractivity contribution >= 4 is 23.1 Å². The summed E-state index contributed by atoms with van der Waals surface area (Å²) in [6.07, 6.45) is 3.46. The van der Waals surface area contributed by atoms with Crippen molar-refractivity contribution in [3.05, 3.63) is 71.9 Å². The first-order valence-corrected chi connectivity index (χ1v) is 9.55. The van der Waals surface area contributed by atoms with Gasteiger partial charge in [0, 0.05) is 18.3 Å². The summed E-state index contributed by atoms with van der Waals surface area (Å²) in [6.45, 7) is 4.04. The molecule has 1 N–H and O–H groups in total. The van der Waals surface area contributed by atoms with Crippen LogP contribution in [0.4, 0.5) is 5.82 Å². The minimum absolute atomic E-state index is 0.152. The Morgan fingerprint density at radius 2 is 1.93 bits per heavy atom. The molecule has 3 heterocycles. The van der Waals surface area contributed by atoms with Gasteiger partial charge in [-0.3, -0.25) is 4.79 Å². The third-order valence-electron chi connectivity index (χ3n) is 4.14. The molecule has 27 heavy (non-hydrogen) atoms. The van der Waals surface area contributed by atoms with E-state index in [0.29, 0.717) is 17.1 Å². The van der Waals surface area contributed by atoms with Crippen molar-refractivity contribution in [2.24, 2.45) is 0 Å². The minimum atomic E-state index is -0.206. The van der Waals surface area contributed by atoms with Crippen molar-refractivity contribution in [3.8, 4) is 16.3 Å².